The summed E-state index contributed by atoms with van der Waals surface area (Å²) in [4.78, 5) is 21.9. The van der Waals surface area contributed by atoms with E-state index in [0.29, 0.717) is 37.4 Å². The number of ether oxygens (including phenoxy) is 1. The van der Waals surface area contributed by atoms with E-state index in [4.69, 9.17) is 9.72 Å². The standard InChI is InChI=1S/C24H36N4O2/c1-19(2)17-28-22-6-4-3-5-21(22)25-23(28)18-26-11-9-20(10-12-26)7-8-24(29)27-13-15-30-16-14-27/h3-6,19-20H,7-18H2,1-2H3. The number of hydrogen-bond donors (Lipinski definition) is 0. The molecule has 0 radical (unpaired) electrons. The molecule has 6 nitrogen and oxygen atoms in total. The van der Waals surface area contributed by atoms with E-state index in [1.54, 1.807) is 0 Å². The van der Waals surface area contributed by atoms with Crippen LogP contribution < -0.4 is 0 Å². The van der Waals surface area contributed by atoms with E-state index in [-0.39, 0.29) is 0 Å². The summed E-state index contributed by atoms with van der Waals surface area (Å²) >= 11 is 0. The van der Waals surface area contributed by atoms with Crippen LogP contribution in [0.15, 0.2) is 24.3 Å². The molecular weight excluding hydrogens is 376 g/mol. The number of fused-ring (bicyclic) bond motifs is 1. The number of hydrogen-bond acceptors (Lipinski definition) is 4. The number of imidazole rings is 1. The summed E-state index contributed by atoms with van der Waals surface area (Å²) < 4.78 is 7.76. The fourth-order valence-corrected chi connectivity index (χ4v) is 4.75. The molecule has 30 heavy (non-hydrogen) atoms. The Morgan fingerprint density at radius 3 is 2.60 bits per heavy atom. The van der Waals surface area contributed by atoms with Crippen molar-refractivity contribution in [3.63, 3.8) is 0 Å². The fourth-order valence-electron chi connectivity index (χ4n) is 4.75. The summed E-state index contributed by atoms with van der Waals surface area (Å²) in [6, 6.07) is 8.48. The fraction of sp³-hybridized carbons (Fsp3) is 0.667. The molecule has 2 aromatic rings. The number of amides is 1. The van der Waals surface area contributed by atoms with Crippen LogP contribution in [0.5, 0.6) is 0 Å². The Balaban J connectivity index is 1.29. The number of benzene rings is 1. The Morgan fingerprint density at radius 1 is 1.13 bits per heavy atom. The number of carbonyl (C=O) groups is 1. The maximum absolute atomic E-state index is 12.4. The number of likely N-dealkylation sites (tertiary alicyclic amines) is 1. The predicted octanol–water partition coefficient (Wildman–Crippen LogP) is 3.54. The van der Waals surface area contributed by atoms with E-state index >= 15 is 0 Å². The maximum atomic E-state index is 12.4. The topological polar surface area (TPSA) is 50.6 Å². The molecule has 0 saturated carbocycles. The molecule has 2 aliphatic heterocycles. The Morgan fingerprint density at radius 2 is 1.87 bits per heavy atom. The second kappa shape index (κ2) is 9.92. The van der Waals surface area contributed by atoms with E-state index in [1.165, 1.54) is 24.2 Å². The van der Waals surface area contributed by atoms with Gasteiger partial charge in [-0.15, -0.1) is 0 Å². The lowest BCUT2D eigenvalue weighted by Crippen LogP contribution is -2.41. The smallest absolute Gasteiger partial charge is 0.222 e. The molecule has 6 heteroatoms. The van der Waals surface area contributed by atoms with Gasteiger partial charge >= 0.3 is 0 Å². The van der Waals surface area contributed by atoms with Crippen molar-refractivity contribution in [1.29, 1.82) is 0 Å². The Hall–Kier alpha value is -1.92. The molecule has 0 spiro atoms. The number of para-hydroxylation sites is 2. The van der Waals surface area contributed by atoms with Crippen LogP contribution in [-0.2, 0) is 22.6 Å². The monoisotopic (exact) mass is 412 g/mol. The molecule has 4 rings (SSSR count). The van der Waals surface area contributed by atoms with Crippen molar-refractivity contribution >= 4 is 16.9 Å². The molecule has 0 N–H and O–H groups in total. The van der Waals surface area contributed by atoms with Crippen LogP contribution in [-0.4, -0.2) is 64.7 Å². The van der Waals surface area contributed by atoms with Gasteiger partial charge in [-0.05, 0) is 56.3 Å². The van der Waals surface area contributed by atoms with E-state index in [0.717, 1.165) is 51.2 Å². The third-order valence-electron chi connectivity index (χ3n) is 6.48. The predicted molar refractivity (Wildman–Crippen MR) is 119 cm³/mol. The number of morpholine rings is 1. The van der Waals surface area contributed by atoms with Gasteiger partial charge in [-0.2, -0.15) is 0 Å². The van der Waals surface area contributed by atoms with Gasteiger partial charge < -0.3 is 14.2 Å². The minimum absolute atomic E-state index is 0.308. The normalized spacial score (nSPS) is 19.1. The van der Waals surface area contributed by atoms with Crippen LogP contribution in [0.3, 0.4) is 0 Å². The molecule has 164 valence electrons. The average Bonchev–Trinajstić information content (AvgIpc) is 3.10. The zero-order valence-electron chi connectivity index (χ0n) is 18.6. The highest BCUT2D eigenvalue weighted by Gasteiger charge is 2.23. The molecular formula is C24H36N4O2. The minimum Gasteiger partial charge on any atom is -0.378 e. The lowest BCUT2D eigenvalue weighted by atomic mass is 9.92. The van der Waals surface area contributed by atoms with E-state index in [1.807, 2.05) is 4.90 Å². The Kier molecular flexibility index (Phi) is 7.05. The van der Waals surface area contributed by atoms with Crippen LogP contribution in [0, 0.1) is 11.8 Å². The van der Waals surface area contributed by atoms with Crippen molar-refractivity contribution in [1.82, 2.24) is 19.4 Å². The molecule has 2 fully saturated rings. The first-order valence-corrected chi connectivity index (χ1v) is 11.6. The molecule has 1 aromatic heterocycles. The third-order valence-corrected chi connectivity index (χ3v) is 6.48. The van der Waals surface area contributed by atoms with Gasteiger partial charge in [0.1, 0.15) is 5.82 Å². The van der Waals surface area contributed by atoms with Crippen molar-refractivity contribution < 1.29 is 9.53 Å². The van der Waals surface area contributed by atoms with Gasteiger partial charge in [-0.25, -0.2) is 4.98 Å². The number of nitrogens with zero attached hydrogens (tertiary/aromatic N) is 4. The lowest BCUT2D eigenvalue weighted by Gasteiger charge is -2.32. The summed E-state index contributed by atoms with van der Waals surface area (Å²) in [6.07, 6.45) is 4.08. The highest BCUT2D eigenvalue weighted by atomic mass is 16.5. The second-order valence-electron chi connectivity index (χ2n) is 9.27. The molecule has 0 bridgehead atoms. The molecule has 0 aliphatic carbocycles. The highest BCUT2D eigenvalue weighted by molar-refractivity contribution is 5.76. The van der Waals surface area contributed by atoms with Gasteiger partial charge in [0.2, 0.25) is 5.91 Å². The maximum Gasteiger partial charge on any atom is 0.222 e. The van der Waals surface area contributed by atoms with Crippen LogP contribution >= 0.6 is 0 Å². The molecule has 2 aliphatic rings. The Bertz CT molecular complexity index is 833. The largest absolute Gasteiger partial charge is 0.378 e. The number of rotatable bonds is 7. The van der Waals surface area contributed by atoms with E-state index in [9.17, 15) is 4.79 Å². The first-order chi connectivity index (χ1) is 14.6. The summed E-state index contributed by atoms with van der Waals surface area (Å²) in [5.41, 5.74) is 2.35. The quantitative estimate of drug-likeness (QED) is 0.698. The van der Waals surface area contributed by atoms with Gasteiger partial charge in [0.25, 0.3) is 0 Å². The summed E-state index contributed by atoms with van der Waals surface area (Å²) in [5.74, 6) is 2.76. The third kappa shape index (κ3) is 5.22. The summed E-state index contributed by atoms with van der Waals surface area (Å²) in [5, 5.41) is 0. The van der Waals surface area contributed by atoms with E-state index < -0.39 is 0 Å². The summed E-state index contributed by atoms with van der Waals surface area (Å²) in [7, 11) is 0. The first kappa shape index (κ1) is 21.3. The lowest BCUT2D eigenvalue weighted by molar-refractivity contribution is -0.135. The Labute approximate surface area is 180 Å². The molecule has 0 atom stereocenters. The van der Waals surface area contributed by atoms with Crippen LogP contribution in [0.1, 0.15) is 45.4 Å². The highest BCUT2D eigenvalue weighted by Crippen LogP contribution is 2.25. The molecule has 1 aromatic carbocycles. The summed E-state index contributed by atoms with van der Waals surface area (Å²) in [6.45, 7) is 11.5. The molecule has 2 saturated heterocycles. The zero-order chi connectivity index (χ0) is 20.9. The van der Waals surface area contributed by atoms with E-state index in [2.05, 4.69) is 47.6 Å². The van der Waals surface area contributed by atoms with Crippen LogP contribution in [0.2, 0.25) is 0 Å². The number of carbonyl (C=O) groups excluding carboxylic acids is 1. The minimum atomic E-state index is 0.308. The molecule has 1 amide bonds. The van der Waals surface area contributed by atoms with Crippen molar-refractivity contribution in [2.45, 2.75) is 52.6 Å². The van der Waals surface area contributed by atoms with Crippen molar-refractivity contribution in [3.05, 3.63) is 30.1 Å². The molecule has 3 heterocycles. The van der Waals surface area contributed by atoms with Crippen LogP contribution in [0.4, 0.5) is 0 Å². The number of piperidine rings is 1. The van der Waals surface area contributed by atoms with Crippen molar-refractivity contribution in [2.75, 3.05) is 39.4 Å². The van der Waals surface area contributed by atoms with Crippen molar-refractivity contribution in [3.8, 4) is 0 Å². The second-order valence-corrected chi connectivity index (χ2v) is 9.27. The first-order valence-electron chi connectivity index (χ1n) is 11.6. The van der Waals surface area contributed by atoms with Gasteiger partial charge in [0.15, 0.2) is 0 Å². The number of aromatic nitrogens is 2. The zero-order valence-corrected chi connectivity index (χ0v) is 18.6. The van der Waals surface area contributed by atoms with Gasteiger partial charge in [-0.1, -0.05) is 26.0 Å². The van der Waals surface area contributed by atoms with Gasteiger partial charge in [0.05, 0.1) is 30.8 Å². The molecule has 0 unspecified atom stereocenters. The van der Waals surface area contributed by atoms with Gasteiger partial charge in [-0.3, -0.25) is 9.69 Å². The van der Waals surface area contributed by atoms with Crippen molar-refractivity contribution in [2.24, 2.45) is 11.8 Å². The average molecular weight is 413 g/mol. The SMILES string of the molecule is CC(C)Cn1c(CN2CCC(CCC(=O)N3CCOCC3)CC2)nc2ccccc21. The van der Waals surface area contributed by atoms with Gasteiger partial charge in [0, 0.05) is 26.1 Å². The van der Waals surface area contributed by atoms with Crippen LogP contribution in [0.25, 0.3) is 11.0 Å².